The van der Waals surface area contributed by atoms with Gasteiger partial charge in [-0.05, 0) is 36.6 Å². The first-order valence-corrected chi connectivity index (χ1v) is 8.90. The molecule has 0 spiro atoms. The second-order valence-corrected chi connectivity index (χ2v) is 7.10. The third-order valence-electron chi connectivity index (χ3n) is 3.58. The third-order valence-corrected chi connectivity index (χ3v) is 4.94. The molecule has 0 saturated heterocycles. The predicted octanol–water partition coefficient (Wildman–Crippen LogP) is 3.54. The van der Waals surface area contributed by atoms with E-state index < -0.39 is 10.0 Å². The summed E-state index contributed by atoms with van der Waals surface area (Å²) in [4.78, 5) is 3.08. The van der Waals surface area contributed by atoms with E-state index in [9.17, 15) is 8.42 Å². The molecule has 5 heteroatoms. The van der Waals surface area contributed by atoms with E-state index >= 15 is 0 Å². The van der Waals surface area contributed by atoms with Gasteiger partial charge >= 0.3 is 0 Å². The Morgan fingerprint density at radius 3 is 2.59 bits per heavy atom. The number of H-pyrrole nitrogens is 1. The highest BCUT2D eigenvalue weighted by molar-refractivity contribution is 7.92. The fraction of sp³-hybridized carbons (Fsp3) is 0.176. The molecule has 1 aromatic heterocycles. The Balaban J connectivity index is 1.65. The molecule has 114 valence electrons. The van der Waals surface area contributed by atoms with Crippen LogP contribution in [0.25, 0.3) is 10.9 Å². The highest BCUT2D eigenvalue weighted by Crippen LogP contribution is 2.23. The van der Waals surface area contributed by atoms with Crippen LogP contribution in [0.4, 0.5) is 5.69 Å². The van der Waals surface area contributed by atoms with Crippen molar-refractivity contribution < 1.29 is 8.42 Å². The van der Waals surface area contributed by atoms with Crippen LogP contribution in [-0.4, -0.2) is 19.2 Å². The molecule has 0 aliphatic rings. The SMILES string of the molecule is O=S(=O)(CCCc1ccccc1)Nc1cccc2[nH]ccc12. The summed E-state index contributed by atoms with van der Waals surface area (Å²) in [7, 11) is -3.34. The Labute approximate surface area is 130 Å². The van der Waals surface area contributed by atoms with E-state index in [0.29, 0.717) is 12.1 Å². The molecule has 0 fully saturated rings. The van der Waals surface area contributed by atoms with E-state index in [-0.39, 0.29) is 5.75 Å². The smallest absolute Gasteiger partial charge is 0.232 e. The maximum absolute atomic E-state index is 12.2. The maximum atomic E-state index is 12.2. The van der Waals surface area contributed by atoms with Crippen LogP contribution < -0.4 is 4.72 Å². The van der Waals surface area contributed by atoms with Crippen molar-refractivity contribution in [3.05, 3.63) is 66.4 Å². The number of nitrogens with one attached hydrogen (secondary N) is 2. The number of aromatic nitrogens is 1. The third kappa shape index (κ3) is 3.49. The molecule has 0 bridgehead atoms. The van der Waals surface area contributed by atoms with Gasteiger partial charge in [0.2, 0.25) is 10.0 Å². The number of benzene rings is 2. The first-order chi connectivity index (χ1) is 10.6. The van der Waals surface area contributed by atoms with E-state index in [2.05, 4.69) is 9.71 Å². The monoisotopic (exact) mass is 314 g/mol. The first-order valence-electron chi connectivity index (χ1n) is 7.25. The summed E-state index contributed by atoms with van der Waals surface area (Å²) in [6, 6.07) is 17.3. The average molecular weight is 314 g/mol. The second-order valence-electron chi connectivity index (χ2n) is 5.25. The van der Waals surface area contributed by atoms with Crippen LogP contribution in [0, 0.1) is 0 Å². The Kier molecular flexibility index (Phi) is 4.15. The summed E-state index contributed by atoms with van der Waals surface area (Å²) in [6.07, 6.45) is 3.16. The fourth-order valence-electron chi connectivity index (χ4n) is 2.50. The Morgan fingerprint density at radius 1 is 0.955 bits per heavy atom. The van der Waals surface area contributed by atoms with Gasteiger partial charge in [0.1, 0.15) is 0 Å². The lowest BCUT2D eigenvalue weighted by Crippen LogP contribution is -2.17. The van der Waals surface area contributed by atoms with Crippen molar-refractivity contribution in [2.24, 2.45) is 0 Å². The molecule has 0 radical (unpaired) electrons. The van der Waals surface area contributed by atoms with Gasteiger partial charge in [-0.1, -0.05) is 36.4 Å². The van der Waals surface area contributed by atoms with Gasteiger partial charge in [0, 0.05) is 17.1 Å². The number of hydrogen-bond donors (Lipinski definition) is 2. The predicted molar refractivity (Wildman–Crippen MR) is 90.5 cm³/mol. The molecule has 3 rings (SSSR count). The average Bonchev–Trinajstić information content (AvgIpc) is 2.97. The van der Waals surface area contributed by atoms with Crippen molar-refractivity contribution in [1.82, 2.24) is 4.98 Å². The molecule has 1 heterocycles. The minimum Gasteiger partial charge on any atom is -0.361 e. The van der Waals surface area contributed by atoms with Gasteiger partial charge in [-0.2, -0.15) is 0 Å². The number of anilines is 1. The zero-order valence-corrected chi connectivity index (χ0v) is 12.9. The molecule has 0 aliphatic carbocycles. The minimum absolute atomic E-state index is 0.114. The molecule has 0 atom stereocenters. The molecule has 0 saturated carbocycles. The van der Waals surface area contributed by atoms with Gasteiger partial charge in [-0.15, -0.1) is 0 Å². The summed E-state index contributed by atoms with van der Waals surface area (Å²) < 4.78 is 27.2. The molecular formula is C17H18N2O2S. The van der Waals surface area contributed by atoms with Gasteiger partial charge in [0.05, 0.1) is 11.4 Å². The number of rotatable bonds is 6. The summed E-state index contributed by atoms with van der Waals surface area (Å²) in [6.45, 7) is 0. The number of fused-ring (bicyclic) bond motifs is 1. The molecular weight excluding hydrogens is 296 g/mol. The zero-order valence-electron chi connectivity index (χ0n) is 12.1. The first kappa shape index (κ1) is 14.7. The molecule has 0 amide bonds. The van der Waals surface area contributed by atoms with Crippen molar-refractivity contribution in [3.8, 4) is 0 Å². The number of sulfonamides is 1. The van der Waals surface area contributed by atoms with E-state index in [1.165, 1.54) is 0 Å². The van der Waals surface area contributed by atoms with Crippen LogP contribution in [0.1, 0.15) is 12.0 Å². The molecule has 2 N–H and O–H groups in total. The molecule has 4 nitrogen and oxygen atoms in total. The van der Waals surface area contributed by atoms with Crippen molar-refractivity contribution in [3.63, 3.8) is 0 Å². The van der Waals surface area contributed by atoms with Gasteiger partial charge in [-0.25, -0.2) is 8.42 Å². The van der Waals surface area contributed by atoms with Crippen LogP contribution >= 0.6 is 0 Å². The van der Waals surface area contributed by atoms with Crippen molar-refractivity contribution in [1.29, 1.82) is 0 Å². The van der Waals surface area contributed by atoms with Crippen LogP contribution in [0.2, 0.25) is 0 Å². The lowest BCUT2D eigenvalue weighted by molar-refractivity contribution is 0.598. The summed E-state index contributed by atoms with van der Waals surface area (Å²) in [5.74, 6) is 0.114. The van der Waals surface area contributed by atoms with Gasteiger partial charge < -0.3 is 4.98 Å². The molecule has 0 aliphatic heterocycles. The summed E-state index contributed by atoms with van der Waals surface area (Å²) in [5.41, 5.74) is 2.70. The largest absolute Gasteiger partial charge is 0.361 e. The minimum atomic E-state index is -3.34. The van der Waals surface area contributed by atoms with E-state index in [4.69, 9.17) is 0 Å². The van der Waals surface area contributed by atoms with Crippen molar-refractivity contribution in [2.45, 2.75) is 12.8 Å². The van der Waals surface area contributed by atoms with E-state index in [1.54, 1.807) is 12.3 Å². The number of aryl methyl sites for hydroxylation is 1. The molecule has 0 unspecified atom stereocenters. The quantitative estimate of drug-likeness (QED) is 0.731. The summed E-state index contributed by atoms with van der Waals surface area (Å²) in [5, 5.41) is 0.883. The molecule has 3 aromatic rings. The highest BCUT2D eigenvalue weighted by atomic mass is 32.2. The van der Waals surface area contributed by atoms with E-state index in [0.717, 1.165) is 22.9 Å². The van der Waals surface area contributed by atoms with Crippen LogP contribution in [0.5, 0.6) is 0 Å². The lowest BCUT2D eigenvalue weighted by atomic mass is 10.1. The highest BCUT2D eigenvalue weighted by Gasteiger charge is 2.12. The van der Waals surface area contributed by atoms with Gasteiger partial charge in [0.25, 0.3) is 0 Å². The number of hydrogen-bond acceptors (Lipinski definition) is 2. The van der Waals surface area contributed by atoms with E-state index in [1.807, 2.05) is 48.5 Å². The normalized spacial score (nSPS) is 11.6. The van der Waals surface area contributed by atoms with Gasteiger partial charge in [0.15, 0.2) is 0 Å². The van der Waals surface area contributed by atoms with Crippen LogP contribution in [-0.2, 0) is 16.4 Å². The lowest BCUT2D eigenvalue weighted by Gasteiger charge is -2.09. The Bertz CT molecular complexity index is 855. The standard InChI is InChI=1S/C17H18N2O2S/c20-22(21,13-5-8-14-6-2-1-3-7-14)19-17-10-4-9-16-15(17)11-12-18-16/h1-4,6-7,9-12,18-19H,5,8,13H2. The molecule has 2 aromatic carbocycles. The Morgan fingerprint density at radius 2 is 1.77 bits per heavy atom. The van der Waals surface area contributed by atoms with Crippen LogP contribution in [0.15, 0.2) is 60.8 Å². The van der Waals surface area contributed by atoms with Crippen LogP contribution in [0.3, 0.4) is 0 Å². The van der Waals surface area contributed by atoms with Crippen molar-refractivity contribution >= 4 is 26.6 Å². The maximum Gasteiger partial charge on any atom is 0.232 e. The summed E-state index contributed by atoms with van der Waals surface area (Å²) >= 11 is 0. The van der Waals surface area contributed by atoms with Gasteiger partial charge in [-0.3, -0.25) is 4.72 Å². The van der Waals surface area contributed by atoms with Crippen molar-refractivity contribution in [2.75, 3.05) is 10.5 Å². The number of aromatic amines is 1. The Hall–Kier alpha value is -2.27. The fourth-order valence-corrected chi connectivity index (χ4v) is 3.64. The zero-order chi connectivity index (χ0) is 15.4. The topological polar surface area (TPSA) is 62.0 Å². The second kappa shape index (κ2) is 6.23. The molecule has 22 heavy (non-hydrogen) atoms.